The summed E-state index contributed by atoms with van der Waals surface area (Å²) in [6.45, 7) is 0.381. The molecule has 1 aromatic heterocycles. The molecule has 158 valence electrons. The van der Waals surface area contributed by atoms with Crippen LogP contribution in [0.5, 0.6) is 5.75 Å². The first-order valence-electron chi connectivity index (χ1n) is 9.44. The maximum Gasteiger partial charge on any atom is 0.391 e. The molecule has 1 aliphatic rings. The number of carboxylic acid groups (broad SMARTS) is 1. The fourth-order valence-corrected chi connectivity index (χ4v) is 4.16. The Morgan fingerprint density at radius 3 is 2.48 bits per heavy atom. The second-order valence-corrected chi connectivity index (χ2v) is 8.07. The van der Waals surface area contributed by atoms with E-state index in [0.717, 1.165) is 16.4 Å². The molecule has 0 radical (unpaired) electrons. The molecule has 0 amide bonds. The molecule has 0 aliphatic heterocycles. The highest BCUT2D eigenvalue weighted by Crippen LogP contribution is 2.38. The molecule has 9 heteroatoms. The van der Waals surface area contributed by atoms with Crippen LogP contribution in [0.25, 0.3) is 11.3 Å². The first kappa shape index (κ1) is 21.4. The predicted octanol–water partition coefficient (Wildman–Crippen LogP) is 5.22. The fraction of sp³-hybridized carbons (Fsp3) is 0.500. The number of hydrogen-bond donors (Lipinski definition) is 1. The number of carboxylic acids is 1. The van der Waals surface area contributed by atoms with E-state index in [1.807, 2.05) is 17.5 Å². The smallest absolute Gasteiger partial charge is 0.391 e. The van der Waals surface area contributed by atoms with Gasteiger partial charge in [-0.3, -0.25) is 4.79 Å². The molecule has 5 nitrogen and oxygen atoms in total. The highest BCUT2D eigenvalue weighted by molar-refractivity contribution is 7.14. The number of halogens is 3. The van der Waals surface area contributed by atoms with Gasteiger partial charge < -0.3 is 14.7 Å². The van der Waals surface area contributed by atoms with Crippen molar-refractivity contribution in [1.82, 2.24) is 4.98 Å². The Morgan fingerprint density at radius 1 is 1.24 bits per heavy atom. The van der Waals surface area contributed by atoms with Gasteiger partial charge in [-0.05, 0) is 49.9 Å². The van der Waals surface area contributed by atoms with Crippen molar-refractivity contribution < 1.29 is 27.8 Å². The van der Waals surface area contributed by atoms with Gasteiger partial charge in [-0.1, -0.05) is 0 Å². The van der Waals surface area contributed by atoms with E-state index in [4.69, 9.17) is 9.84 Å². The third-order valence-corrected chi connectivity index (χ3v) is 6.02. The molecular formula is C20H23F3N2O3S. The fourth-order valence-electron chi connectivity index (χ4n) is 3.34. The summed E-state index contributed by atoms with van der Waals surface area (Å²) in [5.74, 6) is -1.42. The molecule has 1 N–H and O–H groups in total. The standard InChI is InChI=1S/C20H23F3N2O3S/c1-25(11-10-18(26)27)19-24-17(12-29-19)13-2-6-15(7-3-13)28-16-8-4-14(5-9-16)20(21,22)23/h2-3,6-7,12,14,16H,4-5,8-11H2,1H3,(H,26,27). The predicted molar refractivity (Wildman–Crippen MR) is 106 cm³/mol. The molecule has 3 rings (SSSR count). The van der Waals surface area contributed by atoms with Gasteiger partial charge in [-0.25, -0.2) is 4.98 Å². The number of rotatable bonds is 7. The number of hydrogen-bond acceptors (Lipinski definition) is 5. The lowest BCUT2D eigenvalue weighted by molar-refractivity contribution is -0.185. The second-order valence-electron chi connectivity index (χ2n) is 7.24. The highest BCUT2D eigenvalue weighted by atomic mass is 32.1. The molecule has 0 unspecified atom stereocenters. The largest absolute Gasteiger partial charge is 0.490 e. The minimum absolute atomic E-state index is 0.0440. The average molecular weight is 428 g/mol. The number of ether oxygens (including phenoxy) is 1. The summed E-state index contributed by atoms with van der Waals surface area (Å²) < 4.78 is 44.1. The van der Waals surface area contributed by atoms with E-state index in [1.165, 1.54) is 11.3 Å². The Hall–Kier alpha value is -2.29. The van der Waals surface area contributed by atoms with E-state index >= 15 is 0 Å². The second kappa shape index (κ2) is 9.02. The van der Waals surface area contributed by atoms with Gasteiger partial charge in [0.1, 0.15) is 5.75 Å². The monoisotopic (exact) mass is 428 g/mol. The Morgan fingerprint density at radius 2 is 1.90 bits per heavy atom. The molecule has 0 saturated heterocycles. The number of benzene rings is 1. The van der Waals surface area contributed by atoms with E-state index in [-0.39, 0.29) is 25.4 Å². The van der Waals surface area contributed by atoms with Crippen LogP contribution >= 0.6 is 11.3 Å². The Bertz CT molecular complexity index is 815. The van der Waals surface area contributed by atoms with Crippen molar-refractivity contribution >= 4 is 22.4 Å². The lowest BCUT2D eigenvalue weighted by atomic mass is 9.87. The van der Waals surface area contributed by atoms with Gasteiger partial charge in [-0.15, -0.1) is 11.3 Å². The summed E-state index contributed by atoms with van der Waals surface area (Å²) in [6, 6.07) is 7.34. The quantitative estimate of drug-likeness (QED) is 0.655. The molecule has 29 heavy (non-hydrogen) atoms. The van der Waals surface area contributed by atoms with Crippen LogP contribution in [0.2, 0.25) is 0 Å². The molecule has 0 atom stereocenters. The van der Waals surface area contributed by atoms with Gasteiger partial charge in [-0.2, -0.15) is 13.2 Å². The lowest BCUT2D eigenvalue weighted by Gasteiger charge is -2.30. The summed E-state index contributed by atoms with van der Waals surface area (Å²) >= 11 is 1.44. The van der Waals surface area contributed by atoms with Gasteiger partial charge in [0, 0.05) is 24.5 Å². The number of anilines is 1. The summed E-state index contributed by atoms with van der Waals surface area (Å²) in [5, 5.41) is 11.4. The number of alkyl halides is 3. The molecular weight excluding hydrogens is 405 g/mol. The molecule has 1 aromatic carbocycles. The summed E-state index contributed by atoms with van der Waals surface area (Å²) in [7, 11) is 1.80. The Balaban J connectivity index is 1.55. The zero-order valence-electron chi connectivity index (χ0n) is 16.0. The Kier molecular flexibility index (Phi) is 6.66. The minimum Gasteiger partial charge on any atom is -0.490 e. The first-order valence-corrected chi connectivity index (χ1v) is 10.3. The van der Waals surface area contributed by atoms with Crippen LogP contribution in [0.1, 0.15) is 32.1 Å². The highest BCUT2D eigenvalue weighted by Gasteiger charge is 2.41. The van der Waals surface area contributed by atoms with Crippen molar-refractivity contribution in [1.29, 1.82) is 0 Å². The van der Waals surface area contributed by atoms with Crippen molar-refractivity contribution in [2.75, 3.05) is 18.5 Å². The van der Waals surface area contributed by atoms with Crippen molar-refractivity contribution in [3.8, 4) is 17.0 Å². The molecule has 0 spiro atoms. The summed E-state index contributed by atoms with van der Waals surface area (Å²) in [5.41, 5.74) is 1.68. The molecule has 1 fully saturated rings. The van der Waals surface area contributed by atoms with Gasteiger partial charge in [0.05, 0.1) is 24.1 Å². The van der Waals surface area contributed by atoms with Crippen LogP contribution in [0.4, 0.5) is 18.3 Å². The molecule has 1 aliphatic carbocycles. The van der Waals surface area contributed by atoms with Crippen molar-refractivity contribution in [2.24, 2.45) is 5.92 Å². The third-order valence-electron chi connectivity index (χ3n) is 5.07. The number of aromatic nitrogens is 1. The lowest BCUT2D eigenvalue weighted by Crippen LogP contribution is -2.31. The summed E-state index contributed by atoms with van der Waals surface area (Å²) in [6.07, 6.45) is -3.21. The minimum atomic E-state index is -4.11. The topological polar surface area (TPSA) is 62.7 Å². The van der Waals surface area contributed by atoms with Crippen LogP contribution in [-0.2, 0) is 4.79 Å². The molecule has 0 bridgehead atoms. The van der Waals surface area contributed by atoms with E-state index in [9.17, 15) is 18.0 Å². The molecule has 1 saturated carbocycles. The Labute approximate surface area is 171 Å². The van der Waals surface area contributed by atoms with E-state index in [2.05, 4.69) is 4.98 Å². The van der Waals surface area contributed by atoms with Crippen molar-refractivity contribution in [2.45, 2.75) is 44.4 Å². The molecule has 2 aromatic rings. The van der Waals surface area contributed by atoms with Crippen molar-refractivity contribution in [3.63, 3.8) is 0 Å². The van der Waals surface area contributed by atoms with Crippen LogP contribution in [0, 0.1) is 5.92 Å². The number of aliphatic carboxylic acids is 1. The van der Waals surface area contributed by atoms with Gasteiger partial charge in [0.2, 0.25) is 0 Å². The van der Waals surface area contributed by atoms with Crippen LogP contribution in [-0.4, -0.2) is 41.9 Å². The van der Waals surface area contributed by atoms with Gasteiger partial charge >= 0.3 is 12.1 Å². The van der Waals surface area contributed by atoms with Gasteiger partial charge in [0.25, 0.3) is 0 Å². The van der Waals surface area contributed by atoms with Crippen LogP contribution in [0.15, 0.2) is 29.6 Å². The van der Waals surface area contributed by atoms with E-state index in [1.54, 1.807) is 24.1 Å². The SMILES string of the molecule is CN(CCC(=O)O)c1nc(-c2ccc(OC3CCC(C(F)(F)F)CC3)cc2)cs1. The number of nitrogens with zero attached hydrogens (tertiary/aromatic N) is 2. The normalized spacial score (nSPS) is 19.7. The van der Waals surface area contributed by atoms with Crippen molar-refractivity contribution in [3.05, 3.63) is 29.6 Å². The van der Waals surface area contributed by atoms with Crippen LogP contribution < -0.4 is 9.64 Å². The van der Waals surface area contributed by atoms with Crippen LogP contribution in [0.3, 0.4) is 0 Å². The average Bonchev–Trinajstić information content (AvgIpc) is 3.17. The maximum absolute atomic E-state index is 12.8. The van der Waals surface area contributed by atoms with E-state index in [0.29, 0.717) is 25.1 Å². The zero-order chi connectivity index (χ0) is 21.0. The number of carbonyl (C=O) groups is 1. The first-order chi connectivity index (χ1) is 13.7. The summed E-state index contributed by atoms with van der Waals surface area (Å²) in [4.78, 5) is 17.0. The molecule has 1 heterocycles. The van der Waals surface area contributed by atoms with Gasteiger partial charge in [0.15, 0.2) is 5.13 Å². The zero-order valence-corrected chi connectivity index (χ0v) is 16.8. The third kappa shape index (κ3) is 5.85. The maximum atomic E-state index is 12.8. The number of thiazole rings is 1. The van der Waals surface area contributed by atoms with E-state index < -0.39 is 18.1 Å².